The van der Waals surface area contributed by atoms with Gasteiger partial charge in [0, 0.05) is 18.7 Å². The molecule has 3 N–H and O–H groups in total. The standard InChI is InChI=1S/C12H14N4/c1-8-2-4-9(5-3-8)16-12(13)10-6-14-7-11(10)15-16/h2-5,14H,6-7,13H2,1H3. The zero-order chi connectivity index (χ0) is 11.1. The molecule has 1 aromatic carbocycles. The number of aromatic nitrogens is 2. The molecule has 0 fully saturated rings. The van der Waals surface area contributed by atoms with Gasteiger partial charge in [0.15, 0.2) is 0 Å². The lowest BCUT2D eigenvalue weighted by Crippen LogP contribution is -2.08. The zero-order valence-electron chi connectivity index (χ0n) is 9.20. The molecule has 1 aliphatic heterocycles. The van der Waals surface area contributed by atoms with Crippen LogP contribution in [-0.4, -0.2) is 9.78 Å². The second-order valence-corrected chi connectivity index (χ2v) is 4.16. The van der Waals surface area contributed by atoms with Crippen LogP contribution in [0.4, 0.5) is 5.82 Å². The van der Waals surface area contributed by atoms with Crippen molar-refractivity contribution in [3.63, 3.8) is 0 Å². The number of nitrogens with zero attached hydrogens (tertiary/aromatic N) is 2. The third kappa shape index (κ3) is 1.31. The summed E-state index contributed by atoms with van der Waals surface area (Å²) < 4.78 is 1.82. The Morgan fingerprint density at radius 2 is 2.00 bits per heavy atom. The highest BCUT2D eigenvalue weighted by Gasteiger charge is 2.20. The number of rotatable bonds is 1. The quantitative estimate of drug-likeness (QED) is 0.753. The van der Waals surface area contributed by atoms with Crippen LogP contribution < -0.4 is 11.1 Å². The molecule has 0 spiro atoms. The molecule has 4 heteroatoms. The predicted octanol–water partition coefficient (Wildman–Crippen LogP) is 1.37. The number of nitrogens with two attached hydrogens (primary N) is 1. The van der Waals surface area contributed by atoms with Gasteiger partial charge in [-0.25, -0.2) is 4.68 Å². The molecule has 2 aromatic rings. The van der Waals surface area contributed by atoms with Crippen molar-refractivity contribution in [3.8, 4) is 5.69 Å². The van der Waals surface area contributed by atoms with E-state index < -0.39 is 0 Å². The monoisotopic (exact) mass is 214 g/mol. The van der Waals surface area contributed by atoms with Gasteiger partial charge in [-0.1, -0.05) is 17.7 Å². The number of nitrogen functional groups attached to an aromatic ring is 1. The highest BCUT2D eigenvalue weighted by atomic mass is 15.3. The average molecular weight is 214 g/mol. The molecular formula is C12H14N4. The number of hydrogen-bond acceptors (Lipinski definition) is 3. The van der Waals surface area contributed by atoms with Crippen molar-refractivity contribution in [2.45, 2.75) is 20.0 Å². The van der Waals surface area contributed by atoms with Gasteiger partial charge in [0.2, 0.25) is 0 Å². The number of aryl methyl sites for hydroxylation is 1. The SMILES string of the molecule is Cc1ccc(-n2nc3c(c2N)CNC3)cc1. The lowest BCUT2D eigenvalue weighted by atomic mass is 10.2. The van der Waals surface area contributed by atoms with E-state index in [1.54, 1.807) is 0 Å². The number of hydrogen-bond donors (Lipinski definition) is 2. The molecule has 1 aromatic heterocycles. The Labute approximate surface area is 94.1 Å². The third-order valence-electron chi connectivity index (χ3n) is 2.98. The second-order valence-electron chi connectivity index (χ2n) is 4.16. The molecule has 3 rings (SSSR count). The van der Waals surface area contributed by atoms with Gasteiger partial charge in [-0.15, -0.1) is 0 Å². The summed E-state index contributed by atoms with van der Waals surface area (Å²) >= 11 is 0. The first-order valence-corrected chi connectivity index (χ1v) is 5.40. The number of anilines is 1. The molecule has 0 bridgehead atoms. The molecule has 0 saturated heterocycles. The van der Waals surface area contributed by atoms with Gasteiger partial charge in [0.05, 0.1) is 11.4 Å². The molecular weight excluding hydrogens is 200 g/mol. The Hall–Kier alpha value is -1.81. The van der Waals surface area contributed by atoms with Crippen LogP contribution in [0.15, 0.2) is 24.3 Å². The Morgan fingerprint density at radius 3 is 2.69 bits per heavy atom. The van der Waals surface area contributed by atoms with Crippen LogP contribution in [-0.2, 0) is 13.1 Å². The summed E-state index contributed by atoms with van der Waals surface area (Å²) in [6.45, 7) is 3.71. The lowest BCUT2D eigenvalue weighted by Gasteiger charge is -2.05. The van der Waals surface area contributed by atoms with E-state index >= 15 is 0 Å². The van der Waals surface area contributed by atoms with Crippen molar-refractivity contribution in [1.29, 1.82) is 0 Å². The molecule has 0 aliphatic carbocycles. The van der Waals surface area contributed by atoms with Gasteiger partial charge in [0.25, 0.3) is 0 Å². The van der Waals surface area contributed by atoms with E-state index in [1.807, 2.05) is 16.8 Å². The number of nitrogens with one attached hydrogen (secondary N) is 1. The third-order valence-corrected chi connectivity index (χ3v) is 2.98. The Morgan fingerprint density at radius 1 is 1.25 bits per heavy atom. The molecule has 16 heavy (non-hydrogen) atoms. The van der Waals surface area contributed by atoms with Crippen LogP contribution >= 0.6 is 0 Å². The Bertz CT molecular complexity index is 525. The van der Waals surface area contributed by atoms with Crippen molar-refractivity contribution >= 4 is 5.82 Å². The van der Waals surface area contributed by atoms with Crippen LogP contribution in [0.3, 0.4) is 0 Å². The molecule has 0 saturated carbocycles. The van der Waals surface area contributed by atoms with E-state index in [0.717, 1.165) is 35.9 Å². The molecule has 0 amide bonds. The van der Waals surface area contributed by atoms with Gasteiger partial charge in [-0.2, -0.15) is 5.10 Å². The first-order valence-electron chi connectivity index (χ1n) is 5.40. The molecule has 1 aliphatic rings. The smallest absolute Gasteiger partial charge is 0.132 e. The summed E-state index contributed by atoms with van der Waals surface area (Å²) in [5.41, 5.74) is 10.6. The van der Waals surface area contributed by atoms with Crippen molar-refractivity contribution in [2.24, 2.45) is 0 Å². The summed E-state index contributed by atoms with van der Waals surface area (Å²) in [6, 6.07) is 8.22. The predicted molar refractivity (Wildman–Crippen MR) is 63.3 cm³/mol. The fraction of sp³-hybridized carbons (Fsp3) is 0.250. The van der Waals surface area contributed by atoms with E-state index in [0.29, 0.717) is 0 Å². The average Bonchev–Trinajstić information content (AvgIpc) is 2.84. The molecule has 0 radical (unpaired) electrons. The van der Waals surface area contributed by atoms with Crippen LogP contribution in [0.2, 0.25) is 0 Å². The molecule has 0 atom stereocenters. The van der Waals surface area contributed by atoms with E-state index in [2.05, 4.69) is 29.5 Å². The van der Waals surface area contributed by atoms with Crippen molar-refractivity contribution in [2.75, 3.05) is 5.73 Å². The Balaban J connectivity index is 2.10. The maximum atomic E-state index is 6.09. The maximum Gasteiger partial charge on any atom is 0.132 e. The number of benzene rings is 1. The van der Waals surface area contributed by atoms with E-state index in [4.69, 9.17) is 5.73 Å². The molecule has 2 heterocycles. The first-order chi connectivity index (χ1) is 7.75. The van der Waals surface area contributed by atoms with Crippen molar-refractivity contribution in [3.05, 3.63) is 41.1 Å². The minimum absolute atomic E-state index is 0.754. The lowest BCUT2D eigenvalue weighted by molar-refractivity contribution is 0.725. The van der Waals surface area contributed by atoms with E-state index in [1.165, 1.54) is 5.56 Å². The first kappa shape index (κ1) is 9.42. The highest BCUT2D eigenvalue weighted by molar-refractivity contribution is 5.51. The van der Waals surface area contributed by atoms with Gasteiger partial charge < -0.3 is 11.1 Å². The summed E-state index contributed by atoms with van der Waals surface area (Å²) in [4.78, 5) is 0. The topological polar surface area (TPSA) is 55.9 Å². The zero-order valence-corrected chi connectivity index (χ0v) is 9.20. The number of fused-ring (bicyclic) bond motifs is 1. The summed E-state index contributed by atoms with van der Waals surface area (Å²) in [5.74, 6) is 0.754. The fourth-order valence-electron chi connectivity index (χ4n) is 2.03. The largest absolute Gasteiger partial charge is 0.383 e. The van der Waals surface area contributed by atoms with Crippen LogP contribution in [0.25, 0.3) is 5.69 Å². The van der Waals surface area contributed by atoms with Gasteiger partial charge in [-0.05, 0) is 19.1 Å². The van der Waals surface area contributed by atoms with Crippen LogP contribution in [0.1, 0.15) is 16.8 Å². The Kier molecular flexibility index (Phi) is 1.97. The van der Waals surface area contributed by atoms with Crippen molar-refractivity contribution < 1.29 is 0 Å². The van der Waals surface area contributed by atoms with Gasteiger partial charge in [-0.3, -0.25) is 0 Å². The second kappa shape index (κ2) is 3.35. The normalized spacial score (nSPS) is 14.1. The summed E-state index contributed by atoms with van der Waals surface area (Å²) in [7, 11) is 0. The minimum Gasteiger partial charge on any atom is -0.383 e. The van der Waals surface area contributed by atoms with E-state index in [9.17, 15) is 0 Å². The fourth-order valence-corrected chi connectivity index (χ4v) is 2.03. The van der Waals surface area contributed by atoms with Crippen LogP contribution in [0, 0.1) is 6.92 Å². The summed E-state index contributed by atoms with van der Waals surface area (Å²) in [5, 5.41) is 7.76. The van der Waals surface area contributed by atoms with Gasteiger partial charge in [0.1, 0.15) is 5.82 Å². The highest BCUT2D eigenvalue weighted by Crippen LogP contribution is 2.24. The molecule has 0 unspecified atom stereocenters. The minimum atomic E-state index is 0.754. The summed E-state index contributed by atoms with van der Waals surface area (Å²) in [6.07, 6.45) is 0. The van der Waals surface area contributed by atoms with Crippen LogP contribution in [0.5, 0.6) is 0 Å². The maximum absolute atomic E-state index is 6.09. The van der Waals surface area contributed by atoms with Gasteiger partial charge >= 0.3 is 0 Å². The van der Waals surface area contributed by atoms with E-state index in [-0.39, 0.29) is 0 Å². The molecule has 82 valence electrons. The van der Waals surface area contributed by atoms with Crippen molar-refractivity contribution in [1.82, 2.24) is 15.1 Å². The molecule has 4 nitrogen and oxygen atoms in total.